The SMILES string of the molecule is Cc1ccc(C2CC(c3ccco3)=NN2c2ccc(Br)cc2)cc1. The Morgan fingerprint density at radius 3 is 2.46 bits per heavy atom. The van der Waals surface area contributed by atoms with E-state index in [0.717, 1.165) is 28.1 Å². The van der Waals surface area contributed by atoms with Gasteiger partial charge in [0.1, 0.15) is 11.5 Å². The van der Waals surface area contributed by atoms with E-state index >= 15 is 0 Å². The van der Waals surface area contributed by atoms with Crippen molar-refractivity contribution in [1.29, 1.82) is 0 Å². The quantitative estimate of drug-likeness (QED) is 0.582. The number of halogens is 1. The van der Waals surface area contributed by atoms with Gasteiger partial charge in [0.2, 0.25) is 0 Å². The third-order valence-electron chi connectivity index (χ3n) is 4.27. The average molecular weight is 381 g/mol. The Morgan fingerprint density at radius 2 is 1.79 bits per heavy atom. The standard InChI is InChI=1S/C20H17BrN2O/c1-14-4-6-15(7-5-14)19-13-18(20-3-2-12-24-20)22-23(19)17-10-8-16(21)9-11-17/h2-12,19H,13H2,1H3. The van der Waals surface area contributed by atoms with Gasteiger partial charge in [0.05, 0.1) is 18.0 Å². The first-order valence-electron chi connectivity index (χ1n) is 7.93. The molecule has 0 N–H and O–H groups in total. The molecular weight excluding hydrogens is 364 g/mol. The maximum atomic E-state index is 5.56. The van der Waals surface area contributed by atoms with Crippen LogP contribution in [0.1, 0.15) is 29.3 Å². The number of anilines is 1. The normalized spacial score (nSPS) is 17.2. The zero-order valence-corrected chi connectivity index (χ0v) is 14.9. The third kappa shape index (κ3) is 2.89. The molecule has 2 aromatic carbocycles. The van der Waals surface area contributed by atoms with Crippen LogP contribution in [-0.4, -0.2) is 5.71 Å². The predicted molar refractivity (Wildman–Crippen MR) is 100 cm³/mol. The van der Waals surface area contributed by atoms with Gasteiger partial charge in [-0.05, 0) is 48.9 Å². The fourth-order valence-corrected chi connectivity index (χ4v) is 3.25. The van der Waals surface area contributed by atoms with Crippen LogP contribution >= 0.6 is 15.9 Å². The first-order valence-corrected chi connectivity index (χ1v) is 8.73. The zero-order valence-electron chi connectivity index (χ0n) is 13.3. The number of nitrogens with zero attached hydrogens (tertiary/aromatic N) is 2. The molecule has 4 heteroatoms. The summed E-state index contributed by atoms with van der Waals surface area (Å²) in [6.07, 6.45) is 2.52. The van der Waals surface area contributed by atoms with E-state index in [2.05, 4.69) is 64.3 Å². The minimum atomic E-state index is 0.173. The van der Waals surface area contributed by atoms with Crippen LogP contribution in [-0.2, 0) is 0 Å². The van der Waals surface area contributed by atoms with E-state index in [4.69, 9.17) is 9.52 Å². The van der Waals surface area contributed by atoms with Crippen molar-refractivity contribution >= 4 is 27.3 Å². The van der Waals surface area contributed by atoms with Crippen LogP contribution in [0.3, 0.4) is 0 Å². The Kier molecular flexibility index (Phi) is 3.98. The molecule has 2 heterocycles. The second-order valence-electron chi connectivity index (χ2n) is 5.98. The highest BCUT2D eigenvalue weighted by Crippen LogP contribution is 2.37. The predicted octanol–water partition coefficient (Wildman–Crippen LogP) is 5.71. The number of benzene rings is 2. The average Bonchev–Trinajstić information content (AvgIpc) is 3.26. The minimum absolute atomic E-state index is 0.173. The van der Waals surface area contributed by atoms with Gasteiger partial charge in [-0.2, -0.15) is 5.10 Å². The van der Waals surface area contributed by atoms with Gasteiger partial charge in [0.25, 0.3) is 0 Å². The second-order valence-corrected chi connectivity index (χ2v) is 6.89. The number of hydrogen-bond donors (Lipinski definition) is 0. The van der Waals surface area contributed by atoms with Crippen molar-refractivity contribution in [3.8, 4) is 0 Å². The van der Waals surface area contributed by atoms with Crippen molar-refractivity contribution in [3.63, 3.8) is 0 Å². The highest BCUT2D eigenvalue weighted by Gasteiger charge is 2.30. The van der Waals surface area contributed by atoms with E-state index in [1.54, 1.807) is 6.26 Å². The lowest BCUT2D eigenvalue weighted by molar-refractivity contribution is 0.556. The second kappa shape index (κ2) is 6.29. The molecule has 0 saturated carbocycles. The lowest BCUT2D eigenvalue weighted by atomic mass is 9.99. The van der Waals surface area contributed by atoms with Crippen molar-refractivity contribution in [2.45, 2.75) is 19.4 Å². The lowest BCUT2D eigenvalue weighted by Gasteiger charge is -2.24. The highest BCUT2D eigenvalue weighted by molar-refractivity contribution is 9.10. The molecule has 0 amide bonds. The number of furan rings is 1. The first-order chi connectivity index (χ1) is 11.7. The molecule has 0 saturated heterocycles. The molecule has 0 aliphatic carbocycles. The van der Waals surface area contributed by atoms with Crippen molar-refractivity contribution in [1.82, 2.24) is 0 Å². The molecule has 3 aromatic rings. The van der Waals surface area contributed by atoms with Gasteiger partial charge in [-0.3, -0.25) is 5.01 Å². The van der Waals surface area contributed by atoms with Crippen LogP contribution in [0.4, 0.5) is 5.69 Å². The number of hydrogen-bond acceptors (Lipinski definition) is 3. The van der Waals surface area contributed by atoms with Gasteiger partial charge < -0.3 is 4.42 Å². The smallest absolute Gasteiger partial charge is 0.149 e. The Bertz CT molecular complexity index is 852. The van der Waals surface area contributed by atoms with E-state index < -0.39 is 0 Å². The topological polar surface area (TPSA) is 28.7 Å². The van der Waals surface area contributed by atoms with Crippen molar-refractivity contribution in [2.24, 2.45) is 5.10 Å². The molecule has 0 bridgehead atoms. The third-order valence-corrected chi connectivity index (χ3v) is 4.80. The van der Waals surface area contributed by atoms with Crippen molar-refractivity contribution in [3.05, 3.63) is 88.3 Å². The Hall–Kier alpha value is -2.33. The van der Waals surface area contributed by atoms with Crippen molar-refractivity contribution < 1.29 is 4.42 Å². The van der Waals surface area contributed by atoms with Gasteiger partial charge in [-0.1, -0.05) is 45.8 Å². The van der Waals surface area contributed by atoms with Gasteiger partial charge in [0.15, 0.2) is 0 Å². The summed E-state index contributed by atoms with van der Waals surface area (Å²) >= 11 is 3.50. The summed E-state index contributed by atoms with van der Waals surface area (Å²) in [5.74, 6) is 0.840. The Balaban J connectivity index is 1.74. The molecule has 0 radical (unpaired) electrons. The van der Waals surface area contributed by atoms with Crippen LogP contribution in [0, 0.1) is 6.92 Å². The maximum absolute atomic E-state index is 5.56. The van der Waals surface area contributed by atoms with E-state index in [1.165, 1.54) is 11.1 Å². The molecule has 1 aliphatic heterocycles. The minimum Gasteiger partial charge on any atom is -0.463 e. The molecule has 1 unspecified atom stereocenters. The van der Waals surface area contributed by atoms with Gasteiger partial charge >= 0.3 is 0 Å². The summed E-state index contributed by atoms with van der Waals surface area (Å²) in [4.78, 5) is 0. The van der Waals surface area contributed by atoms with Crippen LogP contribution in [0.25, 0.3) is 0 Å². The fourth-order valence-electron chi connectivity index (χ4n) is 2.98. The van der Waals surface area contributed by atoms with E-state index in [0.29, 0.717) is 0 Å². The van der Waals surface area contributed by atoms with Crippen molar-refractivity contribution in [2.75, 3.05) is 5.01 Å². The number of hydrazone groups is 1. The van der Waals surface area contributed by atoms with E-state index in [9.17, 15) is 0 Å². The largest absolute Gasteiger partial charge is 0.463 e. The van der Waals surface area contributed by atoms with Gasteiger partial charge in [-0.25, -0.2) is 0 Å². The summed E-state index contributed by atoms with van der Waals surface area (Å²) in [6.45, 7) is 2.11. The molecule has 1 atom stereocenters. The Labute approximate surface area is 149 Å². The molecule has 1 aliphatic rings. The van der Waals surface area contributed by atoms with Crippen LogP contribution in [0.15, 0.2) is 80.9 Å². The summed E-state index contributed by atoms with van der Waals surface area (Å²) in [5.41, 5.74) is 4.58. The fraction of sp³-hybridized carbons (Fsp3) is 0.150. The van der Waals surface area contributed by atoms with Crippen LogP contribution in [0.5, 0.6) is 0 Å². The highest BCUT2D eigenvalue weighted by atomic mass is 79.9. The van der Waals surface area contributed by atoms with E-state index in [-0.39, 0.29) is 6.04 Å². The summed E-state index contributed by atoms with van der Waals surface area (Å²) in [6, 6.07) is 21.0. The molecule has 0 fully saturated rings. The van der Waals surface area contributed by atoms with Gasteiger partial charge in [0, 0.05) is 10.9 Å². The molecule has 0 spiro atoms. The summed E-state index contributed by atoms with van der Waals surface area (Å²) < 4.78 is 6.62. The molecule has 120 valence electrons. The van der Waals surface area contributed by atoms with Gasteiger partial charge in [-0.15, -0.1) is 0 Å². The molecular formula is C20H17BrN2O. The lowest BCUT2D eigenvalue weighted by Crippen LogP contribution is -2.18. The van der Waals surface area contributed by atoms with Crippen LogP contribution in [0.2, 0.25) is 0 Å². The number of rotatable bonds is 3. The molecule has 1 aromatic heterocycles. The Morgan fingerprint density at radius 1 is 1.04 bits per heavy atom. The number of aryl methyl sites for hydroxylation is 1. The first kappa shape index (κ1) is 15.2. The summed E-state index contributed by atoms with van der Waals surface area (Å²) in [5, 5.41) is 6.94. The maximum Gasteiger partial charge on any atom is 0.149 e. The van der Waals surface area contributed by atoms with E-state index in [1.807, 2.05) is 24.3 Å². The monoisotopic (exact) mass is 380 g/mol. The molecule has 3 nitrogen and oxygen atoms in total. The molecule has 4 rings (SSSR count). The molecule has 24 heavy (non-hydrogen) atoms. The van der Waals surface area contributed by atoms with Crippen LogP contribution < -0.4 is 5.01 Å². The zero-order chi connectivity index (χ0) is 16.5. The summed E-state index contributed by atoms with van der Waals surface area (Å²) in [7, 11) is 0.